The summed E-state index contributed by atoms with van der Waals surface area (Å²) in [5.41, 5.74) is 8.56. The van der Waals surface area contributed by atoms with Gasteiger partial charge in [0.25, 0.3) is 0 Å². The summed E-state index contributed by atoms with van der Waals surface area (Å²) < 4.78 is 6.37. The Morgan fingerprint density at radius 1 is 1.14 bits per heavy atom. The highest BCUT2D eigenvalue weighted by atomic mass is 16.5. The topological polar surface area (TPSA) is 95.5 Å². The second kappa shape index (κ2) is 20.0. The number of carbonyl (C=O) groups excluding carboxylic acids is 1. The highest BCUT2D eigenvalue weighted by Gasteiger charge is 2.27. The van der Waals surface area contributed by atoms with Crippen molar-refractivity contribution in [2.24, 2.45) is 21.6 Å². The summed E-state index contributed by atoms with van der Waals surface area (Å²) in [4.78, 5) is 24.5. The van der Waals surface area contributed by atoms with Crippen LogP contribution in [0.2, 0.25) is 0 Å². The molecule has 246 valence electrons. The maximum absolute atomic E-state index is 10.2. The number of guanidine groups is 2. The lowest BCUT2D eigenvalue weighted by Crippen LogP contribution is -2.53. The van der Waals surface area contributed by atoms with Crippen molar-refractivity contribution in [3.63, 3.8) is 0 Å². The van der Waals surface area contributed by atoms with E-state index in [1.165, 1.54) is 18.4 Å². The molecule has 2 aliphatic rings. The molecule has 0 radical (unpaired) electrons. The van der Waals surface area contributed by atoms with Crippen LogP contribution in [-0.2, 0) is 11.3 Å². The van der Waals surface area contributed by atoms with Crippen LogP contribution in [0.4, 0.5) is 0 Å². The SMILES string of the molecule is CCC/C=C/C(C)=O.CCCCC(CCC)Oc1cccc(CN=C2N=C(N3CCC(N)CC3)N/C(=C(/C)C(C)C)N2C)c1. The molecule has 1 saturated heterocycles. The van der Waals surface area contributed by atoms with Gasteiger partial charge in [-0.1, -0.05) is 78.5 Å². The van der Waals surface area contributed by atoms with Crippen LogP contribution in [0.25, 0.3) is 0 Å². The van der Waals surface area contributed by atoms with Crippen molar-refractivity contribution in [1.29, 1.82) is 0 Å². The molecule has 0 bridgehead atoms. The van der Waals surface area contributed by atoms with Crippen LogP contribution in [0.5, 0.6) is 5.75 Å². The number of nitrogens with zero attached hydrogens (tertiary/aromatic N) is 4. The Hall–Kier alpha value is -3.13. The molecule has 1 unspecified atom stereocenters. The minimum atomic E-state index is 0.137. The predicted molar refractivity (Wildman–Crippen MR) is 186 cm³/mol. The van der Waals surface area contributed by atoms with E-state index in [9.17, 15) is 4.79 Å². The molecule has 0 saturated carbocycles. The fraction of sp³-hybridized carbons (Fsp3) is 0.639. The standard InChI is InChI=1S/C29H48N6O.C7H12O/c1-7-9-13-25(11-8-2)36-26-14-10-12-23(19-26)20-31-28-33-29(35-17-15-24(30)16-18-35)32-27(34(28)6)22(5)21(3)4;1-3-4-5-6-7(2)8/h10,12,14,19,21,24-25H,7-9,11,13,15-18,20,30H2,1-6H3,(H,31,32,33);5-6H,3-4H2,1-2H3/b27-22+;6-5+. The minimum absolute atomic E-state index is 0.137. The number of hydrogen-bond acceptors (Lipinski definition) is 6. The minimum Gasteiger partial charge on any atom is -0.490 e. The number of benzene rings is 1. The summed E-state index contributed by atoms with van der Waals surface area (Å²) in [6.45, 7) is 17.1. The van der Waals surface area contributed by atoms with E-state index in [4.69, 9.17) is 20.5 Å². The van der Waals surface area contributed by atoms with Gasteiger partial charge in [-0.05, 0) is 81.2 Å². The number of allylic oxidation sites excluding steroid dienone is 3. The van der Waals surface area contributed by atoms with E-state index >= 15 is 0 Å². The Morgan fingerprint density at radius 3 is 2.48 bits per heavy atom. The Morgan fingerprint density at radius 2 is 1.86 bits per heavy atom. The van der Waals surface area contributed by atoms with Crippen LogP contribution in [0, 0.1) is 5.92 Å². The number of nitrogens with two attached hydrogens (primary N) is 1. The van der Waals surface area contributed by atoms with E-state index in [1.807, 2.05) is 13.1 Å². The lowest BCUT2D eigenvalue weighted by atomic mass is 10.0. The van der Waals surface area contributed by atoms with Crippen molar-refractivity contribution in [1.82, 2.24) is 15.1 Å². The third-order valence-corrected chi connectivity index (χ3v) is 8.05. The molecular formula is C36H60N6O2. The maximum Gasteiger partial charge on any atom is 0.229 e. The molecule has 0 amide bonds. The number of unbranched alkanes of at least 4 members (excludes halogenated alkanes) is 2. The molecule has 8 nitrogen and oxygen atoms in total. The van der Waals surface area contributed by atoms with Crippen molar-refractivity contribution in [3.05, 3.63) is 53.4 Å². The average molecular weight is 609 g/mol. The molecule has 3 N–H and O–H groups in total. The second-order valence-electron chi connectivity index (χ2n) is 12.4. The second-order valence-corrected chi connectivity index (χ2v) is 12.4. The Kier molecular flexibility index (Phi) is 16.9. The van der Waals surface area contributed by atoms with E-state index in [1.54, 1.807) is 13.0 Å². The van der Waals surface area contributed by atoms with E-state index in [0.717, 1.165) is 87.1 Å². The summed E-state index contributed by atoms with van der Waals surface area (Å²) in [7, 11) is 2.04. The van der Waals surface area contributed by atoms with Gasteiger partial charge in [0.05, 0.1) is 12.6 Å². The number of rotatable bonds is 13. The lowest BCUT2D eigenvalue weighted by Gasteiger charge is -2.38. The van der Waals surface area contributed by atoms with Gasteiger partial charge in [0, 0.05) is 26.2 Å². The van der Waals surface area contributed by atoms with E-state index in [0.29, 0.717) is 12.5 Å². The van der Waals surface area contributed by atoms with Gasteiger partial charge < -0.3 is 20.7 Å². The van der Waals surface area contributed by atoms with E-state index in [-0.39, 0.29) is 17.9 Å². The maximum atomic E-state index is 10.2. The molecule has 44 heavy (non-hydrogen) atoms. The Balaban J connectivity index is 0.000000742. The summed E-state index contributed by atoms with van der Waals surface area (Å²) in [5.74, 6) is 4.17. The third-order valence-electron chi connectivity index (χ3n) is 8.05. The van der Waals surface area contributed by atoms with Crippen LogP contribution in [0.3, 0.4) is 0 Å². The normalized spacial score (nSPS) is 18.6. The van der Waals surface area contributed by atoms with Crippen molar-refractivity contribution in [3.8, 4) is 5.75 Å². The molecule has 1 aromatic rings. The number of ether oxygens (including phenoxy) is 1. The molecule has 8 heteroatoms. The van der Waals surface area contributed by atoms with Crippen LogP contribution in [0.1, 0.15) is 112 Å². The zero-order valence-electron chi connectivity index (χ0n) is 28.9. The monoisotopic (exact) mass is 608 g/mol. The fourth-order valence-electron chi connectivity index (χ4n) is 5.03. The molecule has 0 aromatic heterocycles. The largest absolute Gasteiger partial charge is 0.490 e. The summed E-state index contributed by atoms with van der Waals surface area (Å²) in [5, 5.41) is 3.60. The van der Waals surface area contributed by atoms with Gasteiger partial charge >= 0.3 is 0 Å². The molecule has 2 heterocycles. The smallest absolute Gasteiger partial charge is 0.229 e. The van der Waals surface area contributed by atoms with Crippen LogP contribution in [-0.4, -0.2) is 59.8 Å². The third kappa shape index (κ3) is 12.8. The van der Waals surface area contributed by atoms with Crippen molar-refractivity contribution < 1.29 is 9.53 Å². The fourth-order valence-corrected chi connectivity index (χ4v) is 5.03. The molecule has 3 rings (SSSR count). The van der Waals surface area contributed by atoms with Crippen molar-refractivity contribution in [2.75, 3.05) is 20.1 Å². The Bertz CT molecular complexity index is 1130. The highest BCUT2D eigenvalue weighted by Crippen LogP contribution is 2.22. The molecule has 0 spiro atoms. The van der Waals surface area contributed by atoms with Gasteiger partial charge in [-0.2, -0.15) is 4.99 Å². The van der Waals surface area contributed by atoms with E-state index in [2.05, 4.69) is 80.9 Å². The van der Waals surface area contributed by atoms with Crippen LogP contribution >= 0.6 is 0 Å². The number of aliphatic imine (C=N–C) groups is 2. The first-order valence-electron chi connectivity index (χ1n) is 16.9. The predicted octanol–water partition coefficient (Wildman–Crippen LogP) is 7.41. The van der Waals surface area contributed by atoms with Gasteiger partial charge in [-0.15, -0.1) is 0 Å². The number of carbonyl (C=O) groups is 1. The molecule has 1 fully saturated rings. The molecular weight excluding hydrogens is 548 g/mol. The molecule has 2 aliphatic heterocycles. The van der Waals surface area contributed by atoms with Gasteiger partial charge in [-0.3, -0.25) is 9.69 Å². The number of likely N-dealkylation sites (tertiary alicyclic amines) is 1. The van der Waals surface area contributed by atoms with Gasteiger partial charge in [0.1, 0.15) is 11.6 Å². The first-order chi connectivity index (χ1) is 21.1. The first kappa shape index (κ1) is 37.1. The van der Waals surface area contributed by atoms with Gasteiger partial charge in [0.2, 0.25) is 11.9 Å². The Labute approximate surface area is 267 Å². The lowest BCUT2D eigenvalue weighted by molar-refractivity contribution is -0.112. The van der Waals surface area contributed by atoms with Gasteiger partial charge in [0.15, 0.2) is 5.78 Å². The number of hydrogen-bond donors (Lipinski definition) is 2. The number of piperidine rings is 1. The van der Waals surface area contributed by atoms with Crippen LogP contribution in [0.15, 0.2) is 57.8 Å². The van der Waals surface area contributed by atoms with Crippen molar-refractivity contribution in [2.45, 2.75) is 125 Å². The van der Waals surface area contributed by atoms with E-state index < -0.39 is 0 Å². The average Bonchev–Trinajstić information content (AvgIpc) is 3.00. The van der Waals surface area contributed by atoms with Gasteiger partial charge in [-0.25, -0.2) is 4.99 Å². The summed E-state index contributed by atoms with van der Waals surface area (Å²) >= 11 is 0. The highest BCUT2D eigenvalue weighted by molar-refractivity contribution is 5.99. The van der Waals surface area contributed by atoms with Crippen LogP contribution < -0.4 is 15.8 Å². The zero-order valence-corrected chi connectivity index (χ0v) is 28.9. The zero-order chi connectivity index (χ0) is 32.5. The molecule has 1 aromatic carbocycles. The number of ketones is 1. The molecule has 1 atom stereocenters. The molecule has 0 aliphatic carbocycles. The number of nitrogens with one attached hydrogen (secondary N) is 1. The first-order valence-corrected chi connectivity index (χ1v) is 16.9. The quantitative estimate of drug-likeness (QED) is 0.226. The summed E-state index contributed by atoms with van der Waals surface area (Å²) in [6.07, 6.45) is 13.6. The van der Waals surface area contributed by atoms with Crippen molar-refractivity contribution >= 4 is 17.7 Å². The summed E-state index contributed by atoms with van der Waals surface area (Å²) in [6, 6.07) is 8.66.